The van der Waals surface area contributed by atoms with E-state index in [1.54, 1.807) is 0 Å². The van der Waals surface area contributed by atoms with Gasteiger partial charge in [0.15, 0.2) is 0 Å². The van der Waals surface area contributed by atoms with Crippen LogP contribution >= 0.6 is 0 Å². The van der Waals surface area contributed by atoms with Gasteiger partial charge in [-0.15, -0.1) is 0 Å². The highest BCUT2D eigenvalue weighted by Gasteiger charge is 2.15. The molecule has 1 aromatic carbocycles. The van der Waals surface area contributed by atoms with E-state index in [-0.39, 0.29) is 12.1 Å². The zero-order chi connectivity index (χ0) is 15.2. The van der Waals surface area contributed by atoms with Crippen molar-refractivity contribution in [3.8, 4) is 0 Å². The molecule has 0 saturated heterocycles. The Labute approximate surface area is 126 Å². The van der Waals surface area contributed by atoms with Gasteiger partial charge in [0.05, 0.1) is 18.2 Å². The maximum Gasteiger partial charge on any atom is 0.0702 e. The van der Waals surface area contributed by atoms with Crippen LogP contribution in [0.5, 0.6) is 0 Å². The van der Waals surface area contributed by atoms with Gasteiger partial charge in [-0.3, -0.25) is 9.88 Å². The van der Waals surface area contributed by atoms with Crippen LogP contribution < -0.4 is 5.73 Å². The molecule has 1 heterocycles. The highest BCUT2D eigenvalue weighted by Crippen LogP contribution is 2.22. The summed E-state index contributed by atoms with van der Waals surface area (Å²) < 4.78 is 5.62. The van der Waals surface area contributed by atoms with E-state index in [4.69, 9.17) is 10.5 Å². The summed E-state index contributed by atoms with van der Waals surface area (Å²) in [6.45, 7) is 6.28. The number of hydrogen-bond acceptors (Lipinski definition) is 4. The molecule has 0 bridgehead atoms. The molecule has 0 aliphatic carbocycles. The Balaban J connectivity index is 2.10. The minimum Gasteiger partial charge on any atom is -0.377 e. The Kier molecular flexibility index (Phi) is 5.67. The standard InChI is InChI=1S/C17H25N3O/c1-13(2)21-10-9-20(3)17(12-18)15-6-7-16-14(11-15)5-4-8-19-16/h4-8,11,13,17H,9-10,12,18H2,1-3H3. The molecule has 2 rings (SSSR count). The number of benzene rings is 1. The van der Waals surface area contributed by atoms with Crippen LogP contribution in [0.1, 0.15) is 25.5 Å². The van der Waals surface area contributed by atoms with Gasteiger partial charge >= 0.3 is 0 Å². The van der Waals surface area contributed by atoms with Crippen molar-refractivity contribution in [2.24, 2.45) is 5.73 Å². The van der Waals surface area contributed by atoms with Crippen LogP contribution in [-0.4, -0.2) is 42.7 Å². The topological polar surface area (TPSA) is 51.4 Å². The largest absolute Gasteiger partial charge is 0.377 e. The van der Waals surface area contributed by atoms with E-state index < -0.39 is 0 Å². The first-order valence-corrected chi connectivity index (χ1v) is 7.48. The normalized spacial score (nSPS) is 13.2. The van der Waals surface area contributed by atoms with Gasteiger partial charge in [0.1, 0.15) is 0 Å². The maximum absolute atomic E-state index is 5.98. The molecule has 4 heteroatoms. The van der Waals surface area contributed by atoms with Crippen molar-refractivity contribution in [1.29, 1.82) is 0 Å². The lowest BCUT2D eigenvalue weighted by molar-refractivity contribution is 0.0564. The third-order valence-electron chi connectivity index (χ3n) is 3.66. The second kappa shape index (κ2) is 7.50. The van der Waals surface area contributed by atoms with Crippen molar-refractivity contribution in [1.82, 2.24) is 9.88 Å². The molecule has 1 aromatic heterocycles. The van der Waals surface area contributed by atoms with E-state index in [1.807, 2.05) is 12.3 Å². The van der Waals surface area contributed by atoms with Crippen LogP contribution in [0.25, 0.3) is 10.9 Å². The summed E-state index contributed by atoms with van der Waals surface area (Å²) in [5.41, 5.74) is 8.23. The highest BCUT2D eigenvalue weighted by molar-refractivity contribution is 5.79. The minimum absolute atomic E-state index is 0.199. The molecular formula is C17H25N3O. The van der Waals surface area contributed by atoms with E-state index >= 15 is 0 Å². The van der Waals surface area contributed by atoms with Gasteiger partial charge in [-0.1, -0.05) is 12.1 Å². The van der Waals surface area contributed by atoms with Crippen LogP contribution in [0.3, 0.4) is 0 Å². The summed E-state index contributed by atoms with van der Waals surface area (Å²) >= 11 is 0. The number of pyridine rings is 1. The first kappa shape index (κ1) is 15.9. The molecule has 0 aliphatic heterocycles. The van der Waals surface area contributed by atoms with Gasteiger partial charge < -0.3 is 10.5 Å². The molecule has 0 radical (unpaired) electrons. The molecule has 2 N–H and O–H groups in total. The minimum atomic E-state index is 0.199. The average Bonchev–Trinajstić information content (AvgIpc) is 2.47. The summed E-state index contributed by atoms with van der Waals surface area (Å²) in [5, 5.41) is 1.15. The van der Waals surface area contributed by atoms with E-state index in [1.165, 1.54) is 5.56 Å². The van der Waals surface area contributed by atoms with Gasteiger partial charge in [-0.25, -0.2) is 0 Å². The monoisotopic (exact) mass is 287 g/mol. The molecule has 114 valence electrons. The van der Waals surface area contributed by atoms with E-state index in [9.17, 15) is 0 Å². The van der Waals surface area contributed by atoms with Gasteiger partial charge in [-0.2, -0.15) is 0 Å². The summed E-state index contributed by atoms with van der Waals surface area (Å²) in [6.07, 6.45) is 2.08. The van der Waals surface area contributed by atoms with Crippen molar-refractivity contribution in [2.75, 3.05) is 26.7 Å². The molecule has 0 fully saturated rings. The highest BCUT2D eigenvalue weighted by atomic mass is 16.5. The van der Waals surface area contributed by atoms with Crippen LogP contribution in [0.15, 0.2) is 36.5 Å². The molecule has 2 aromatic rings. The lowest BCUT2D eigenvalue weighted by atomic mass is 10.0. The van der Waals surface area contributed by atoms with Crippen molar-refractivity contribution in [3.05, 3.63) is 42.1 Å². The van der Waals surface area contributed by atoms with Crippen molar-refractivity contribution < 1.29 is 4.74 Å². The third-order valence-corrected chi connectivity index (χ3v) is 3.66. The van der Waals surface area contributed by atoms with Crippen molar-refractivity contribution >= 4 is 10.9 Å². The lowest BCUT2D eigenvalue weighted by Crippen LogP contribution is -2.33. The van der Waals surface area contributed by atoms with Crippen LogP contribution in [0, 0.1) is 0 Å². The predicted molar refractivity (Wildman–Crippen MR) is 87.3 cm³/mol. The number of likely N-dealkylation sites (N-methyl/N-ethyl adjacent to an activating group) is 1. The Hall–Kier alpha value is -1.49. The smallest absolute Gasteiger partial charge is 0.0702 e. The third kappa shape index (κ3) is 4.24. The fourth-order valence-electron chi connectivity index (χ4n) is 2.46. The first-order valence-electron chi connectivity index (χ1n) is 7.48. The Morgan fingerprint density at radius 2 is 2.10 bits per heavy atom. The van der Waals surface area contributed by atoms with Gasteiger partial charge in [0.2, 0.25) is 0 Å². The molecule has 0 aliphatic rings. The van der Waals surface area contributed by atoms with Crippen LogP contribution in [0.2, 0.25) is 0 Å². The van der Waals surface area contributed by atoms with Gasteiger partial charge in [0, 0.05) is 30.7 Å². The predicted octanol–water partition coefficient (Wildman–Crippen LogP) is 2.59. The zero-order valence-electron chi connectivity index (χ0n) is 13.1. The number of aromatic nitrogens is 1. The maximum atomic E-state index is 5.98. The fourth-order valence-corrected chi connectivity index (χ4v) is 2.46. The number of ether oxygens (including phenoxy) is 1. The molecule has 4 nitrogen and oxygen atoms in total. The molecule has 0 amide bonds. The number of nitrogens with zero attached hydrogens (tertiary/aromatic N) is 2. The summed E-state index contributed by atoms with van der Waals surface area (Å²) in [7, 11) is 2.09. The number of nitrogens with two attached hydrogens (primary N) is 1. The summed E-state index contributed by atoms with van der Waals surface area (Å²) in [4.78, 5) is 6.61. The van der Waals surface area contributed by atoms with Crippen molar-refractivity contribution in [2.45, 2.75) is 26.0 Å². The summed E-state index contributed by atoms with van der Waals surface area (Å²) in [6, 6.07) is 10.6. The Bertz CT molecular complexity index is 571. The second-order valence-electron chi connectivity index (χ2n) is 5.61. The lowest BCUT2D eigenvalue weighted by Gasteiger charge is -2.27. The van der Waals surface area contributed by atoms with Crippen molar-refractivity contribution in [3.63, 3.8) is 0 Å². The SMILES string of the molecule is CC(C)OCCN(C)C(CN)c1ccc2ncccc2c1. The Morgan fingerprint density at radius 3 is 2.81 bits per heavy atom. The molecule has 21 heavy (non-hydrogen) atoms. The zero-order valence-corrected chi connectivity index (χ0v) is 13.1. The fraction of sp³-hybridized carbons (Fsp3) is 0.471. The van der Waals surface area contributed by atoms with E-state index in [0.717, 1.165) is 24.1 Å². The quantitative estimate of drug-likeness (QED) is 0.850. The molecule has 1 atom stereocenters. The number of rotatable bonds is 7. The summed E-state index contributed by atoms with van der Waals surface area (Å²) in [5.74, 6) is 0. The van der Waals surface area contributed by atoms with Gasteiger partial charge in [0.25, 0.3) is 0 Å². The average molecular weight is 287 g/mol. The first-order chi connectivity index (χ1) is 10.1. The van der Waals surface area contributed by atoms with Gasteiger partial charge in [-0.05, 0) is 44.7 Å². The number of fused-ring (bicyclic) bond motifs is 1. The molecule has 1 unspecified atom stereocenters. The Morgan fingerprint density at radius 1 is 1.29 bits per heavy atom. The van der Waals surface area contributed by atoms with Crippen LogP contribution in [0.4, 0.5) is 0 Å². The van der Waals surface area contributed by atoms with E-state index in [0.29, 0.717) is 6.54 Å². The second-order valence-corrected chi connectivity index (χ2v) is 5.61. The van der Waals surface area contributed by atoms with E-state index in [2.05, 4.69) is 55.0 Å². The molecular weight excluding hydrogens is 262 g/mol. The van der Waals surface area contributed by atoms with Crippen LogP contribution in [-0.2, 0) is 4.74 Å². The molecule has 0 saturated carbocycles. The number of hydrogen-bond donors (Lipinski definition) is 1. The molecule has 0 spiro atoms.